The standard InChI is InChI=1S/C27H32N2O5S/c1-19(20-8-6-5-7-9-20)28-18-23-13-11-21-10-12-22(16-26(21)34-23)29(2)35(30,31)24-14-15-25(32-3)27(17-24)33-4/h5-10,12,14-17,19,23,28H,11,13,18H2,1-4H3/t19-,23?/m1/s1. The van der Waals surface area contributed by atoms with Crippen molar-refractivity contribution in [1.82, 2.24) is 5.32 Å². The number of hydrogen-bond donors (Lipinski definition) is 1. The van der Waals surface area contributed by atoms with Crippen molar-refractivity contribution < 1.29 is 22.6 Å². The van der Waals surface area contributed by atoms with Crippen molar-refractivity contribution in [1.29, 1.82) is 0 Å². The monoisotopic (exact) mass is 496 g/mol. The van der Waals surface area contributed by atoms with Crippen LogP contribution in [0.2, 0.25) is 0 Å². The van der Waals surface area contributed by atoms with Crippen LogP contribution in [0.15, 0.2) is 71.6 Å². The van der Waals surface area contributed by atoms with E-state index in [2.05, 4.69) is 24.4 Å². The number of rotatable bonds is 9. The molecule has 0 saturated carbocycles. The average Bonchev–Trinajstić information content (AvgIpc) is 2.90. The summed E-state index contributed by atoms with van der Waals surface area (Å²) in [6, 6.07) is 20.6. The minimum atomic E-state index is -3.81. The number of anilines is 1. The van der Waals surface area contributed by atoms with E-state index in [-0.39, 0.29) is 17.0 Å². The van der Waals surface area contributed by atoms with E-state index < -0.39 is 10.0 Å². The molecule has 0 fully saturated rings. The summed E-state index contributed by atoms with van der Waals surface area (Å²) in [5.41, 5.74) is 2.84. The van der Waals surface area contributed by atoms with Gasteiger partial charge in [0.15, 0.2) is 11.5 Å². The number of sulfonamides is 1. The van der Waals surface area contributed by atoms with Crippen LogP contribution >= 0.6 is 0 Å². The van der Waals surface area contributed by atoms with Crippen LogP contribution < -0.4 is 23.8 Å². The lowest BCUT2D eigenvalue weighted by Gasteiger charge is -2.29. The third-order valence-electron chi connectivity index (χ3n) is 6.41. The predicted molar refractivity (Wildman–Crippen MR) is 137 cm³/mol. The number of benzene rings is 3. The third kappa shape index (κ3) is 5.39. The molecule has 0 spiro atoms. The fraction of sp³-hybridized carbons (Fsp3) is 0.333. The van der Waals surface area contributed by atoms with Crippen molar-refractivity contribution in [2.75, 3.05) is 32.1 Å². The summed E-state index contributed by atoms with van der Waals surface area (Å²) < 4.78 is 44.7. The Balaban J connectivity index is 1.48. The Hall–Kier alpha value is -3.23. The molecule has 8 heteroatoms. The quantitative estimate of drug-likeness (QED) is 0.468. The van der Waals surface area contributed by atoms with Crippen molar-refractivity contribution >= 4 is 15.7 Å². The molecule has 0 radical (unpaired) electrons. The van der Waals surface area contributed by atoms with Crippen molar-refractivity contribution in [3.05, 3.63) is 77.9 Å². The molecule has 1 N–H and O–H groups in total. The van der Waals surface area contributed by atoms with Crippen LogP contribution in [-0.2, 0) is 16.4 Å². The van der Waals surface area contributed by atoms with E-state index in [1.807, 2.05) is 30.3 Å². The second kappa shape index (κ2) is 10.6. The third-order valence-corrected chi connectivity index (χ3v) is 8.19. The molecule has 4 rings (SSSR count). The lowest BCUT2D eigenvalue weighted by molar-refractivity contribution is 0.167. The number of fused-ring (bicyclic) bond motifs is 1. The van der Waals surface area contributed by atoms with Crippen LogP contribution in [0, 0.1) is 0 Å². The first-order valence-electron chi connectivity index (χ1n) is 11.6. The summed E-state index contributed by atoms with van der Waals surface area (Å²) in [6.07, 6.45) is 1.80. The maximum Gasteiger partial charge on any atom is 0.264 e. The van der Waals surface area contributed by atoms with E-state index in [9.17, 15) is 8.42 Å². The molecule has 0 aliphatic carbocycles. The lowest BCUT2D eigenvalue weighted by atomic mass is 10.0. The van der Waals surface area contributed by atoms with Crippen LogP contribution in [0.3, 0.4) is 0 Å². The van der Waals surface area contributed by atoms with E-state index in [4.69, 9.17) is 14.2 Å². The summed E-state index contributed by atoms with van der Waals surface area (Å²) in [4.78, 5) is 0.119. The van der Waals surface area contributed by atoms with Gasteiger partial charge in [-0.1, -0.05) is 36.4 Å². The van der Waals surface area contributed by atoms with Crippen LogP contribution in [0.4, 0.5) is 5.69 Å². The van der Waals surface area contributed by atoms with Gasteiger partial charge in [0.1, 0.15) is 11.9 Å². The molecule has 1 aliphatic heterocycles. The summed E-state index contributed by atoms with van der Waals surface area (Å²) in [7, 11) is 0.714. The Bertz CT molecular complexity index is 1260. The highest BCUT2D eigenvalue weighted by atomic mass is 32.2. The lowest BCUT2D eigenvalue weighted by Crippen LogP contribution is -2.35. The molecule has 3 aromatic carbocycles. The van der Waals surface area contributed by atoms with Gasteiger partial charge in [0, 0.05) is 31.8 Å². The molecule has 0 bridgehead atoms. The van der Waals surface area contributed by atoms with Crippen molar-refractivity contribution in [3.63, 3.8) is 0 Å². The molecule has 0 saturated heterocycles. The fourth-order valence-electron chi connectivity index (χ4n) is 4.20. The minimum Gasteiger partial charge on any atom is -0.493 e. The molecule has 1 heterocycles. The van der Waals surface area contributed by atoms with Crippen LogP contribution in [-0.4, -0.2) is 42.3 Å². The predicted octanol–water partition coefficient (Wildman–Crippen LogP) is 4.57. The second-order valence-electron chi connectivity index (χ2n) is 8.60. The highest BCUT2D eigenvalue weighted by Crippen LogP contribution is 2.35. The largest absolute Gasteiger partial charge is 0.493 e. The van der Waals surface area contributed by atoms with Gasteiger partial charge in [0.25, 0.3) is 10.0 Å². The van der Waals surface area contributed by atoms with Gasteiger partial charge < -0.3 is 19.5 Å². The van der Waals surface area contributed by atoms with E-state index in [1.165, 1.54) is 43.3 Å². The number of nitrogens with one attached hydrogen (secondary N) is 1. The first-order valence-corrected chi connectivity index (χ1v) is 13.1. The molecule has 7 nitrogen and oxygen atoms in total. The molecule has 1 aliphatic rings. The number of aryl methyl sites for hydroxylation is 1. The first-order chi connectivity index (χ1) is 16.8. The number of ether oxygens (including phenoxy) is 3. The summed E-state index contributed by atoms with van der Waals surface area (Å²) >= 11 is 0. The van der Waals surface area contributed by atoms with Crippen molar-refractivity contribution in [2.24, 2.45) is 0 Å². The number of nitrogens with zero attached hydrogens (tertiary/aromatic N) is 1. The first kappa shape index (κ1) is 24.9. The fourth-order valence-corrected chi connectivity index (χ4v) is 5.40. The normalized spacial score (nSPS) is 16.1. The number of hydrogen-bond acceptors (Lipinski definition) is 6. The Kier molecular flexibility index (Phi) is 7.52. The van der Waals surface area contributed by atoms with E-state index >= 15 is 0 Å². The average molecular weight is 497 g/mol. The zero-order valence-corrected chi connectivity index (χ0v) is 21.3. The zero-order chi connectivity index (χ0) is 25.0. The molecule has 0 aromatic heterocycles. The van der Waals surface area contributed by atoms with Gasteiger partial charge in [-0.25, -0.2) is 8.42 Å². The van der Waals surface area contributed by atoms with Crippen LogP contribution in [0.5, 0.6) is 17.2 Å². The number of methoxy groups -OCH3 is 2. The SMILES string of the molecule is COc1ccc(S(=O)(=O)N(C)c2ccc3c(c2)OC(CN[C@H](C)c2ccccc2)CC3)cc1OC. The topological polar surface area (TPSA) is 77.1 Å². The summed E-state index contributed by atoms with van der Waals surface area (Å²) in [5, 5.41) is 3.55. The van der Waals surface area contributed by atoms with Gasteiger partial charge >= 0.3 is 0 Å². The minimum absolute atomic E-state index is 0.0108. The molecular formula is C27H32N2O5S. The molecular weight excluding hydrogens is 464 g/mol. The van der Waals surface area contributed by atoms with Gasteiger partial charge in [-0.2, -0.15) is 0 Å². The summed E-state index contributed by atoms with van der Waals surface area (Å²) in [6.45, 7) is 2.84. The van der Waals surface area contributed by atoms with Gasteiger partial charge in [-0.3, -0.25) is 4.31 Å². The maximum atomic E-state index is 13.3. The Morgan fingerprint density at radius 3 is 2.49 bits per heavy atom. The second-order valence-corrected chi connectivity index (χ2v) is 10.6. The van der Waals surface area contributed by atoms with Gasteiger partial charge in [0.05, 0.1) is 24.8 Å². The highest BCUT2D eigenvalue weighted by molar-refractivity contribution is 7.92. The molecule has 1 unspecified atom stereocenters. The zero-order valence-electron chi connectivity index (χ0n) is 20.5. The Morgan fingerprint density at radius 2 is 1.77 bits per heavy atom. The smallest absolute Gasteiger partial charge is 0.264 e. The van der Waals surface area contributed by atoms with Crippen LogP contribution in [0.25, 0.3) is 0 Å². The maximum absolute atomic E-state index is 13.3. The molecule has 0 amide bonds. The Morgan fingerprint density at radius 1 is 1.03 bits per heavy atom. The van der Waals surface area contributed by atoms with Crippen LogP contribution in [0.1, 0.15) is 30.5 Å². The van der Waals surface area contributed by atoms with Crippen molar-refractivity contribution in [3.8, 4) is 17.2 Å². The Labute approximate surface area is 207 Å². The van der Waals surface area contributed by atoms with Gasteiger partial charge in [-0.05, 0) is 49.1 Å². The molecule has 3 aromatic rings. The highest BCUT2D eigenvalue weighted by Gasteiger charge is 2.26. The van der Waals surface area contributed by atoms with Crippen molar-refractivity contribution in [2.45, 2.75) is 36.8 Å². The molecule has 35 heavy (non-hydrogen) atoms. The van der Waals surface area contributed by atoms with Gasteiger partial charge in [0.2, 0.25) is 0 Å². The van der Waals surface area contributed by atoms with E-state index in [0.717, 1.165) is 24.2 Å². The van der Waals surface area contributed by atoms with Gasteiger partial charge in [-0.15, -0.1) is 0 Å². The molecule has 186 valence electrons. The summed E-state index contributed by atoms with van der Waals surface area (Å²) in [5.74, 6) is 1.55. The molecule has 2 atom stereocenters. The van der Waals surface area contributed by atoms with E-state index in [0.29, 0.717) is 23.7 Å². The van der Waals surface area contributed by atoms with E-state index in [1.54, 1.807) is 12.1 Å².